The molecule has 0 spiro atoms. The van der Waals surface area contributed by atoms with Crippen molar-refractivity contribution < 1.29 is 14.4 Å². The summed E-state index contributed by atoms with van der Waals surface area (Å²) in [6.07, 6.45) is 6.22. The number of aromatic nitrogens is 3. The molecular formula is C19H18ClN5O3. The van der Waals surface area contributed by atoms with E-state index in [1.165, 1.54) is 6.20 Å². The van der Waals surface area contributed by atoms with Gasteiger partial charge in [0.15, 0.2) is 5.75 Å². The molecule has 3 rings (SSSR count). The number of benzene rings is 1. The summed E-state index contributed by atoms with van der Waals surface area (Å²) in [6.45, 7) is 2.10. The molecule has 0 radical (unpaired) electrons. The molecule has 0 atom stereocenters. The fourth-order valence-electron chi connectivity index (χ4n) is 2.55. The zero-order chi connectivity index (χ0) is 19.9. The number of nitrogens with one attached hydrogen (secondary N) is 2. The first-order valence-corrected chi connectivity index (χ1v) is 8.80. The monoisotopic (exact) mass is 399 g/mol. The number of hydrogen-bond donors (Lipinski definition) is 2. The van der Waals surface area contributed by atoms with Gasteiger partial charge in [0.25, 0.3) is 5.91 Å². The Balaban J connectivity index is 2.00. The Morgan fingerprint density at radius 2 is 2.04 bits per heavy atom. The molecule has 28 heavy (non-hydrogen) atoms. The van der Waals surface area contributed by atoms with E-state index in [4.69, 9.17) is 21.2 Å². The Labute approximate surface area is 166 Å². The molecule has 144 valence electrons. The van der Waals surface area contributed by atoms with Crippen LogP contribution in [0.3, 0.4) is 0 Å². The number of pyridine rings is 1. The lowest BCUT2D eigenvalue weighted by Crippen LogP contribution is -2.24. The van der Waals surface area contributed by atoms with Crippen LogP contribution in [0.15, 0.2) is 49.1 Å². The fraction of sp³-hybridized carbons (Fsp3) is 0.158. The van der Waals surface area contributed by atoms with E-state index in [2.05, 4.69) is 25.7 Å². The van der Waals surface area contributed by atoms with Crippen LogP contribution in [-0.4, -0.2) is 34.6 Å². The molecule has 0 saturated heterocycles. The van der Waals surface area contributed by atoms with Crippen LogP contribution in [0.4, 0.5) is 11.4 Å². The smallest absolute Gasteiger partial charge is 0.278 e. The molecule has 3 aromatic rings. The van der Waals surface area contributed by atoms with Crippen molar-refractivity contribution in [3.63, 3.8) is 0 Å². The first-order chi connectivity index (χ1) is 13.6. The van der Waals surface area contributed by atoms with Gasteiger partial charge in [0.05, 0.1) is 42.5 Å². The molecule has 2 aromatic heterocycles. The van der Waals surface area contributed by atoms with E-state index >= 15 is 0 Å². The minimum Gasteiger partial charge on any atom is -0.494 e. The van der Waals surface area contributed by atoms with Gasteiger partial charge in [0.2, 0.25) is 0 Å². The predicted octanol–water partition coefficient (Wildman–Crippen LogP) is 3.63. The Hall–Kier alpha value is -3.23. The van der Waals surface area contributed by atoms with Crippen molar-refractivity contribution in [1.29, 1.82) is 0 Å². The van der Waals surface area contributed by atoms with Gasteiger partial charge in [0, 0.05) is 24.2 Å². The standard InChI is InChI=1S/C19H18ClN5O3/c1-3-28-25-19(26)13-10-23-17(20)9-15(13)24-14-6-4-5-12(18(14)27-2)16-11-21-7-8-22-16/h4-11H,3H2,1-2H3,(H,23,24)(H,25,26). The summed E-state index contributed by atoms with van der Waals surface area (Å²) in [4.78, 5) is 29.7. The van der Waals surface area contributed by atoms with Crippen molar-refractivity contribution in [3.05, 3.63) is 59.8 Å². The van der Waals surface area contributed by atoms with Gasteiger partial charge in [-0.25, -0.2) is 10.5 Å². The number of anilines is 2. The molecule has 0 aliphatic carbocycles. The Kier molecular flexibility index (Phi) is 6.36. The van der Waals surface area contributed by atoms with Crippen molar-refractivity contribution >= 4 is 28.9 Å². The number of carbonyl (C=O) groups excluding carboxylic acids is 1. The molecule has 0 saturated carbocycles. The Bertz CT molecular complexity index is 969. The van der Waals surface area contributed by atoms with Gasteiger partial charge < -0.3 is 10.1 Å². The molecule has 1 amide bonds. The zero-order valence-electron chi connectivity index (χ0n) is 15.3. The number of hydroxylamine groups is 1. The third kappa shape index (κ3) is 4.36. The summed E-state index contributed by atoms with van der Waals surface area (Å²) >= 11 is 6.03. The Morgan fingerprint density at radius 1 is 1.18 bits per heavy atom. The van der Waals surface area contributed by atoms with E-state index in [1.807, 2.05) is 18.2 Å². The second kappa shape index (κ2) is 9.12. The topological polar surface area (TPSA) is 98.3 Å². The number of hydrogen-bond acceptors (Lipinski definition) is 7. The van der Waals surface area contributed by atoms with E-state index in [9.17, 15) is 4.79 Å². The summed E-state index contributed by atoms with van der Waals surface area (Å²) < 4.78 is 5.59. The summed E-state index contributed by atoms with van der Waals surface area (Å²) in [5.41, 5.74) is 5.10. The minimum atomic E-state index is -0.447. The van der Waals surface area contributed by atoms with Crippen LogP contribution < -0.4 is 15.5 Å². The van der Waals surface area contributed by atoms with Crippen LogP contribution in [0.5, 0.6) is 5.75 Å². The van der Waals surface area contributed by atoms with Crippen LogP contribution >= 0.6 is 11.6 Å². The summed E-state index contributed by atoms with van der Waals surface area (Å²) in [7, 11) is 1.56. The molecule has 9 heteroatoms. The number of amides is 1. The molecule has 8 nitrogen and oxygen atoms in total. The van der Waals surface area contributed by atoms with Gasteiger partial charge in [-0.1, -0.05) is 17.7 Å². The average molecular weight is 400 g/mol. The quantitative estimate of drug-likeness (QED) is 0.462. The maximum atomic E-state index is 12.4. The third-order valence-corrected chi connectivity index (χ3v) is 3.96. The number of carbonyl (C=O) groups is 1. The molecule has 0 aliphatic heterocycles. The van der Waals surface area contributed by atoms with Crippen molar-refractivity contribution in [2.45, 2.75) is 6.92 Å². The SMILES string of the molecule is CCONC(=O)c1cnc(Cl)cc1Nc1cccc(-c2cnccn2)c1OC. The lowest BCUT2D eigenvalue weighted by atomic mass is 10.1. The van der Waals surface area contributed by atoms with Crippen LogP contribution in [-0.2, 0) is 4.84 Å². The second-order valence-corrected chi connectivity index (χ2v) is 5.91. The second-order valence-electron chi connectivity index (χ2n) is 5.52. The van der Waals surface area contributed by atoms with Crippen molar-refractivity contribution in [2.24, 2.45) is 0 Å². The summed E-state index contributed by atoms with van der Waals surface area (Å²) in [5, 5.41) is 3.42. The summed E-state index contributed by atoms with van der Waals surface area (Å²) in [5.74, 6) is 0.102. The van der Waals surface area contributed by atoms with Crippen LogP contribution in [0, 0.1) is 0 Å². The first-order valence-electron chi connectivity index (χ1n) is 8.42. The third-order valence-electron chi connectivity index (χ3n) is 3.75. The minimum absolute atomic E-state index is 0.236. The fourth-order valence-corrected chi connectivity index (χ4v) is 2.71. The molecule has 0 aliphatic rings. The number of ether oxygens (including phenoxy) is 1. The number of methoxy groups -OCH3 is 1. The van der Waals surface area contributed by atoms with Crippen LogP contribution in [0.25, 0.3) is 11.3 Å². The zero-order valence-corrected chi connectivity index (χ0v) is 16.0. The molecule has 1 aromatic carbocycles. The van der Waals surface area contributed by atoms with Gasteiger partial charge in [-0.3, -0.25) is 19.6 Å². The van der Waals surface area contributed by atoms with Gasteiger partial charge in [-0.05, 0) is 25.1 Å². The van der Waals surface area contributed by atoms with Crippen molar-refractivity contribution in [1.82, 2.24) is 20.4 Å². The highest BCUT2D eigenvalue weighted by Crippen LogP contribution is 2.37. The molecule has 0 fully saturated rings. The van der Waals surface area contributed by atoms with Crippen LogP contribution in [0.1, 0.15) is 17.3 Å². The summed E-state index contributed by atoms with van der Waals surface area (Å²) in [6, 6.07) is 7.09. The highest BCUT2D eigenvalue weighted by molar-refractivity contribution is 6.29. The van der Waals surface area contributed by atoms with Gasteiger partial charge >= 0.3 is 0 Å². The number of nitrogens with zero attached hydrogens (tertiary/aromatic N) is 3. The normalized spacial score (nSPS) is 10.4. The lowest BCUT2D eigenvalue weighted by Gasteiger charge is -2.16. The molecule has 0 bridgehead atoms. The van der Waals surface area contributed by atoms with Gasteiger partial charge in [0.1, 0.15) is 5.15 Å². The molecule has 2 N–H and O–H groups in total. The van der Waals surface area contributed by atoms with Crippen LogP contribution in [0.2, 0.25) is 5.15 Å². The first kappa shape index (κ1) is 19.5. The average Bonchev–Trinajstić information content (AvgIpc) is 2.72. The van der Waals surface area contributed by atoms with E-state index in [1.54, 1.807) is 38.7 Å². The molecule has 0 unspecified atom stereocenters. The molecular weight excluding hydrogens is 382 g/mol. The Morgan fingerprint density at radius 3 is 2.75 bits per heavy atom. The highest BCUT2D eigenvalue weighted by Gasteiger charge is 2.17. The number of halogens is 1. The number of rotatable bonds is 7. The van der Waals surface area contributed by atoms with Crippen molar-refractivity contribution in [3.8, 4) is 17.0 Å². The number of para-hydroxylation sites is 1. The van der Waals surface area contributed by atoms with Gasteiger partial charge in [-0.2, -0.15) is 0 Å². The van der Waals surface area contributed by atoms with Crippen molar-refractivity contribution in [2.75, 3.05) is 19.0 Å². The lowest BCUT2D eigenvalue weighted by molar-refractivity contribution is 0.0365. The van der Waals surface area contributed by atoms with E-state index in [0.717, 1.165) is 5.56 Å². The highest BCUT2D eigenvalue weighted by atomic mass is 35.5. The maximum Gasteiger partial charge on any atom is 0.278 e. The van der Waals surface area contributed by atoms with Gasteiger partial charge in [-0.15, -0.1) is 0 Å². The van der Waals surface area contributed by atoms with E-state index < -0.39 is 5.91 Å². The molecule has 2 heterocycles. The van der Waals surface area contributed by atoms with E-state index in [-0.39, 0.29) is 10.7 Å². The predicted molar refractivity (Wildman–Crippen MR) is 106 cm³/mol. The van der Waals surface area contributed by atoms with E-state index in [0.29, 0.717) is 29.4 Å². The largest absolute Gasteiger partial charge is 0.494 e. The maximum absolute atomic E-state index is 12.4.